The van der Waals surface area contributed by atoms with E-state index >= 15 is 0 Å². The molecule has 3 nitrogen and oxygen atoms in total. The van der Waals surface area contributed by atoms with Crippen molar-refractivity contribution in [1.29, 1.82) is 5.26 Å². The number of benzene rings is 1. The van der Waals surface area contributed by atoms with Gasteiger partial charge in [0.2, 0.25) is 5.43 Å². The third kappa shape index (κ3) is 1.35. The zero-order valence-corrected chi connectivity index (χ0v) is 8.40. The van der Waals surface area contributed by atoms with Crippen LogP contribution < -0.4 is 5.43 Å². The Bertz CT molecular complexity index is 688. The number of H-pyrrole nitrogens is 1. The van der Waals surface area contributed by atoms with Crippen LogP contribution in [-0.4, -0.2) is 4.98 Å². The van der Waals surface area contributed by atoms with E-state index in [0.29, 0.717) is 0 Å². The van der Waals surface area contributed by atoms with Crippen molar-refractivity contribution in [2.45, 2.75) is 0 Å². The molecule has 0 aliphatic rings. The maximum atomic E-state index is 13.4. The molecule has 0 saturated carbocycles. The highest BCUT2D eigenvalue weighted by Crippen LogP contribution is 2.19. The fourth-order valence-corrected chi connectivity index (χ4v) is 1.61. The molecule has 1 N–H and O–H groups in total. The summed E-state index contributed by atoms with van der Waals surface area (Å²) in [6, 6.07) is 3.59. The number of fused-ring (bicyclic) bond motifs is 1. The number of hydrogen-bond donors (Lipinski definition) is 1. The number of nitriles is 1. The first-order valence-corrected chi connectivity index (χ1v) is 4.53. The van der Waals surface area contributed by atoms with Crippen molar-refractivity contribution in [2.75, 3.05) is 0 Å². The molecule has 16 heavy (non-hydrogen) atoms. The summed E-state index contributed by atoms with van der Waals surface area (Å²) in [7, 11) is 0. The highest BCUT2D eigenvalue weighted by atomic mass is 35.5. The molecule has 0 spiro atoms. The van der Waals surface area contributed by atoms with Gasteiger partial charge in [-0.05, 0) is 12.1 Å². The van der Waals surface area contributed by atoms with E-state index in [1.807, 2.05) is 0 Å². The van der Waals surface area contributed by atoms with Crippen molar-refractivity contribution in [3.8, 4) is 6.07 Å². The lowest BCUT2D eigenvalue weighted by molar-refractivity contribution is 0.516. The van der Waals surface area contributed by atoms with E-state index < -0.39 is 28.0 Å². The summed E-state index contributed by atoms with van der Waals surface area (Å²) in [5, 5.41) is 7.96. The van der Waals surface area contributed by atoms with E-state index in [2.05, 4.69) is 4.98 Å². The molecule has 0 atom stereocenters. The van der Waals surface area contributed by atoms with Gasteiger partial charge in [0.1, 0.15) is 16.8 Å². The highest BCUT2D eigenvalue weighted by Gasteiger charge is 2.16. The zero-order valence-electron chi connectivity index (χ0n) is 7.64. The Kier molecular flexibility index (Phi) is 2.37. The summed E-state index contributed by atoms with van der Waals surface area (Å²) < 4.78 is 26.3. The van der Waals surface area contributed by atoms with Crippen LogP contribution in [0.2, 0.25) is 5.15 Å². The summed E-state index contributed by atoms with van der Waals surface area (Å²) in [5.74, 6) is -2.43. The number of halogens is 3. The monoisotopic (exact) mass is 240 g/mol. The molecule has 6 heteroatoms. The quantitative estimate of drug-likeness (QED) is 0.719. The van der Waals surface area contributed by atoms with Gasteiger partial charge in [0.15, 0.2) is 11.6 Å². The normalized spacial score (nSPS) is 10.4. The first kappa shape index (κ1) is 10.6. The number of hydrogen-bond acceptors (Lipinski definition) is 2. The largest absolute Gasteiger partial charge is 0.344 e. The van der Waals surface area contributed by atoms with Crippen molar-refractivity contribution in [2.24, 2.45) is 0 Å². The van der Waals surface area contributed by atoms with Crippen molar-refractivity contribution >= 4 is 22.5 Å². The third-order valence-electron chi connectivity index (χ3n) is 2.12. The van der Waals surface area contributed by atoms with E-state index in [9.17, 15) is 13.6 Å². The fourth-order valence-electron chi connectivity index (χ4n) is 1.38. The molecule has 0 fully saturated rings. The van der Waals surface area contributed by atoms with Gasteiger partial charge >= 0.3 is 0 Å². The van der Waals surface area contributed by atoms with Gasteiger partial charge in [-0.15, -0.1) is 0 Å². The van der Waals surface area contributed by atoms with Crippen LogP contribution in [0.5, 0.6) is 0 Å². The number of rotatable bonds is 0. The van der Waals surface area contributed by atoms with Gasteiger partial charge in [-0.25, -0.2) is 8.78 Å². The molecule has 2 aromatic rings. The molecule has 1 heterocycles. The molecule has 0 amide bonds. The molecular weight excluding hydrogens is 238 g/mol. The molecule has 2 rings (SSSR count). The molecule has 80 valence electrons. The predicted octanol–water partition coefficient (Wildman–Crippen LogP) is 2.33. The summed E-state index contributed by atoms with van der Waals surface area (Å²) in [5.41, 5.74) is -1.30. The van der Waals surface area contributed by atoms with Crippen LogP contribution in [0.1, 0.15) is 5.56 Å². The van der Waals surface area contributed by atoms with E-state index in [1.165, 1.54) is 12.1 Å². The molecule has 0 bridgehead atoms. The van der Waals surface area contributed by atoms with E-state index in [0.717, 1.165) is 6.07 Å². The molecular formula is C10H3ClF2N2O. The summed E-state index contributed by atoms with van der Waals surface area (Å²) in [6.07, 6.45) is 0. The Hall–Kier alpha value is -1.93. The molecule has 1 aromatic heterocycles. The van der Waals surface area contributed by atoms with Crippen LogP contribution in [0, 0.1) is 23.0 Å². The smallest absolute Gasteiger partial charge is 0.211 e. The SMILES string of the molecule is N#Cc1c(Cl)[nH]c2ccc(F)c(F)c2c1=O. The summed E-state index contributed by atoms with van der Waals surface area (Å²) in [6.45, 7) is 0. The number of aromatic amines is 1. The molecule has 0 aliphatic carbocycles. The Balaban J connectivity index is 3.09. The molecule has 1 aromatic carbocycles. The van der Waals surface area contributed by atoms with E-state index in [1.54, 1.807) is 0 Å². The Labute approximate surface area is 92.9 Å². The Morgan fingerprint density at radius 1 is 1.38 bits per heavy atom. The number of pyridine rings is 1. The second kappa shape index (κ2) is 3.58. The van der Waals surface area contributed by atoms with Crippen LogP contribution in [0.3, 0.4) is 0 Å². The van der Waals surface area contributed by atoms with Gasteiger partial charge in [0.05, 0.1) is 10.9 Å². The van der Waals surface area contributed by atoms with Gasteiger partial charge in [-0.2, -0.15) is 5.26 Å². The first-order valence-electron chi connectivity index (χ1n) is 4.16. The van der Waals surface area contributed by atoms with Gasteiger partial charge in [0, 0.05) is 0 Å². The number of nitrogens with zero attached hydrogens (tertiary/aromatic N) is 1. The standard InChI is InChI=1S/C10H3ClF2N2O/c11-10-4(3-14)9(16)7-6(15-10)2-1-5(12)8(7)13/h1-2H,(H,15,16). The Morgan fingerprint density at radius 2 is 2.06 bits per heavy atom. The highest BCUT2D eigenvalue weighted by molar-refractivity contribution is 6.31. The molecule has 0 unspecified atom stereocenters. The molecule has 0 radical (unpaired) electrons. The predicted molar refractivity (Wildman–Crippen MR) is 54.2 cm³/mol. The van der Waals surface area contributed by atoms with Gasteiger partial charge < -0.3 is 4.98 Å². The van der Waals surface area contributed by atoms with Crippen molar-refractivity contribution in [1.82, 2.24) is 4.98 Å². The minimum Gasteiger partial charge on any atom is -0.344 e. The minimum atomic E-state index is -1.29. The van der Waals surface area contributed by atoms with Crippen LogP contribution >= 0.6 is 11.6 Å². The van der Waals surface area contributed by atoms with Crippen LogP contribution in [0.25, 0.3) is 10.9 Å². The van der Waals surface area contributed by atoms with E-state index in [4.69, 9.17) is 16.9 Å². The molecule has 0 saturated heterocycles. The lowest BCUT2D eigenvalue weighted by Gasteiger charge is -2.02. The second-order valence-corrected chi connectivity index (χ2v) is 3.42. The topological polar surface area (TPSA) is 56.6 Å². The number of nitrogens with one attached hydrogen (secondary N) is 1. The second-order valence-electron chi connectivity index (χ2n) is 3.04. The third-order valence-corrected chi connectivity index (χ3v) is 2.41. The van der Waals surface area contributed by atoms with Crippen LogP contribution in [0.15, 0.2) is 16.9 Å². The summed E-state index contributed by atoms with van der Waals surface area (Å²) in [4.78, 5) is 14.1. The average Bonchev–Trinajstić information content (AvgIpc) is 2.24. The van der Waals surface area contributed by atoms with Gasteiger partial charge in [-0.1, -0.05) is 11.6 Å². The Morgan fingerprint density at radius 3 is 2.69 bits per heavy atom. The lowest BCUT2D eigenvalue weighted by atomic mass is 10.1. The van der Waals surface area contributed by atoms with Crippen LogP contribution in [0.4, 0.5) is 8.78 Å². The number of aromatic nitrogens is 1. The van der Waals surface area contributed by atoms with Crippen LogP contribution in [-0.2, 0) is 0 Å². The summed E-state index contributed by atoms with van der Waals surface area (Å²) >= 11 is 5.61. The van der Waals surface area contributed by atoms with Gasteiger partial charge in [0.25, 0.3) is 0 Å². The van der Waals surface area contributed by atoms with Crippen molar-refractivity contribution < 1.29 is 8.78 Å². The fraction of sp³-hybridized carbons (Fsp3) is 0. The van der Waals surface area contributed by atoms with E-state index in [-0.39, 0.29) is 10.7 Å². The minimum absolute atomic E-state index is 0.0490. The average molecular weight is 241 g/mol. The first-order chi connectivity index (χ1) is 7.56. The van der Waals surface area contributed by atoms with Gasteiger partial charge in [-0.3, -0.25) is 4.79 Å². The molecule has 0 aliphatic heterocycles. The maximum absolute atomic E-state index is 13.4. The lowest BCUT2D eigenvalue weighted by Crippen LogP contribution is -2.11. The maximum Gasteiger partial charge on any atom is 0.211 e. The van der Waals surface area contributed by atoms with Crippen molar-refractivity contribution in [3.05, 3.63) is 44.7 Å². The zero-order chi connectivity index (χ0) is 11.9. The van der Waals surface area contributed by atoms with Crippen molar-refractivity contribution in [3.63, 3.8) is 0 Å².